The average Bonchev–Trinajstić information content (AvgIpc) is 3.37. The van der Waals surface area contributed by atoms with Crippen LogP contribution in [0.5, 0.6) is 0 Å². The van der Waals surface area contributed by atoms with E-state index in [4.69, 9.17) is 9.57 Å². The normalized spacial score (nSPS) is 33.8. The zero-order chi connectivity index (χ0) is 24.5. The first kappa shape index (κ1) is 22.7. The Balaban J connectivity index is 1.44. The van der Waals surface area contributed by atoms with Crippen molar-refractivity contribution in [2.75, 3.05) is 5.06 Å². The van der Waals surface area contributed by atoms with Crippen LogP contribution in [0.25, 0.3) is 0 Å². The largest absolute Gasteiger partial charge is 0.455 e. The molecule has 2 aliphatic carbocycles. The second-order valence-corrected chi connectivity index (χ2v) is 11.0. The van der Waals surface area contributed by atoms with Gasteiger partial charge >= 0.3 is 5.97 Å². The Bertz CT molecular complexity index is 1310. The molecule has 5 atom stereocenters. The van der Waals surface area contributed by atoms with Crippen LogP contribution in [0.1, 0.15) is 44.7 Å². The van der Waals surface area contributed by atoms with Crippen LogP contribution in [0, 0.1) is 17.2 Å². The molecule has 2 heterocycles. The van der Waals surface area contributed by atoms with Gasteiger partial charge in [0.05, 0.1) is 16.2 Å². The van der Waals surface area contributed by atoms with Crippen LogP contribution >= 0.6 is 15.9 Å². The lowest BCUT2D eigenvalue weighted by molar-refractivity contribution is -0.157. The standard InChI is InChI=1S/C28H25BrFNO4/c1-16-23(32)11-13-27(2)12-10-19-25(24(16)27)34-26(33)28(19)15-22(17-8-9-21(30)20(29)14-17)31(35-28)18-6-4-3-5-7-18/h3-9,11,13-14,19,22,25H,10,12,15H2,1-2H3/t19-,22-,25+,27+,28?/m1/s1. The Morgan fingerprint density at radius 2 is 1.91 bits per heavy atom. The summed E-state index contributed by atoms with van der Waals surface area (Å²) in [4.78, 5) is 32.8. The van der Waals surface area contributed by atoms with E-state index in [0.29, 0.717) is 16.5 Å². The number of para-hydroxylation sites is 1. The highest BCUT2D eigenvalue weighted by Crippen LogP contribution is 2.59. The van der Waals surface area contributed by atoms with E-state index in [0.717, 1.165) is 29.7 Å². The molecule has 6 rings (SSSR count). The van der Waals surface area contributed by atoms with Crippen LogP contribution in [0.3, 0.4) is 0 Å². The van der Waals surface area contributed by atoms with Gasteiger partial charge < -0.3 is 4.74 Å². The van der Waals surface area contributed by atoms with Crippen molar-refractivity contribution < 1.29 is 23.6 Å². The maximum Gasteiger partial charge on any atom is 0.342 e. The summed E-state index contributed by atoms with van der Waals surface area (Å²) in [6.07, 6.45) is 4.97. The first-order valence-electron chi connectivity index (χ1n) is 11.9. The number of benzene rings is 2. The van der Waals surface area contributed by atoms with Crippen LogP contribution in [-0.2, 0) is 19.2 Å². The molecule has 35 heavy (non-hydrogen) atoms. The molecular formula is C28H25BrFNO4. The van der Waals surface area contributed by atoms with Crippen LogP contribution in [0.2, 0.25) is 0 Å². The Morgan fingerprint density at radius 3 is 2.66 bits per heavy atom. The highest BCUT2D eigenvalue weighted by Gasteiger charge is 2.68. The molecule has 0 amide bonds. The number of esters is 1. The summed E-state index contributed by atoms with van der Waals surface area (Å²) < 4.78 is 20.5. The Kier molecular flexibility index (Phi) is 5.10. The maximum atomic E-state index is 14.0. The molecule has 1 saturated carbocycles. The van der Waals surface area contributed by atoms with E-state index in [1.165, 1.54) is 6.07 Å². The number of hydrogen-bond donors (Lipinski definition) is 0. The van der Waals surface area contributed by atoms with E-state index in [9.17, 15) is 14.0 Å². The maximum absolute atomic E-state index is 14.0. The summed E-state index contributed by atoms with van der Waals surface area (Å²) in [6, 6.07) is 14.2. The summed E-state index contributed by atoms with van der Waals surface area (Å²) >= 11 is 3.30. The molecule has 4 aliphatic rings. The molecule has 1 spiro atoms. The molecule has 2 aliphatic heterocycles. The first-order chi connectivity index (χ1) is 16.7. The third-order valence-corrected chi connectivity index (χ3v) is 8.78. The van der Waals surface area contributed by atoms with Crippen LogP contribution in [0.15, 0.2) is 76.3 Å². The number of nitrogens with zero attached hydrogens (tertiary/aromatic N) is 1. The van der Waals surface area contributed by atoms with E-state index in [2.05, 4.69) is 22.9 Å². The summed E-state index contributed by atoms with van der Waals surface area (Å²) in [5.74, 6) is -1.02. The van der Waals surface area contributed by atoms with Crippen LogP contribution < -0.4 is 5.06 Å². The highest BCUT2D eigenvalue weighted by atomic mass is 79.9. The minimum Gasteiger partial charge on any atom is -0.455 e. The molecule has 0 bridgehead atoms. The second-order valence-electron chi connectivity index (χ2n) is 10.2. The van der Waals surface area contributed by atoms with Crippen molar-refractivity contribution in [1.29, 1.82) is 0 Å². The lowest BCUT2D eigenvalue weighted by Crippen LogP contribution is -2.47. The van der Waals surface area contributed by atoms with Crippen molar-refractivity contribution in [3.8, 4) is 0 Å². The molecular weight excluding hydrogens is 513 g/mol. The van der Waals surface area contributed by atoms with Crippen molar-refractivity contribution in [2.24, 2.45) is 11.3 Å². The Morgan fingerprint density at radius 1 is 1.14 bits per heavy atom. The summed E-state index contributed by atoms with van der Waals surface area (Å²) in [6.45, 7) is 3.93. The number of hydroxylamine groups is 1. The average molecular weight is 538 g/mol. The van der Waals surface area contributed by atoms with Crippen LogP contribution in [-0.4, -0.2) is 23.5 Å². The molecule has 5 nitrogen and oxygen atoms in total. The van der Waals surface area contributed by atoms with Crippen molar-refractivity contribution >= 4 is 33.4 Å². The van der Waals surface area contributed by atoms with Gasteiger partial charge in [-0.3, -0.25) is 9.63 Å². The third-order valence-electron chi connectivity index (χ3n) is 8.17. The van der Waals surface area contributed by atoms with Crippen LogP contribution in [0.4, 0.5) is 10.1 Å². The fraction of sp³-hybridized carbons (Fsp3) is 0.357. The zero-order valence-electron chi connectivity index (χ0n) is 19.5. The number of fused-ring (bicyclic) bond motifs is 4. The van der Waals surface area contributed by atoms with E-state index < -0.39 is 17.7 Å². The SMILES string of the molecule is CC1=C2[C@H]3OC(=O)C4(C[C@H](c5ccc(F)c(Br)c5)N(c5ccccc5)O4)[C@@H]3CC[C@@]2(C)C=CC1=O. The monoisotopic (exact) mass is 537 g/mol. The lowest BCUT2D eigenvalue weighted by Gasteiger charge is -2.44. The minimum atomic E-state index is -1.19. The number of hydrogen-bond acceptors (Lipinski definition) is 5. The molecule has 7 heteroatoms. The highest BCUT2D eigenvalue weighted by molar-refractivity contribution is 9.10. The van der Waals surface area contributed by atoms with E-state index in [1.54, 1.807) is 23.3 Å². The van der Waals surface area contributed by atoms with Crippen molar-refractivity contribution in [3.05, 3.63) is 87.7 Å². The number of rotatable bonds is 2. The second kappa shape index (κ2) is 7.87. The third kappa shape index (κ3) is 3.28. The van der Waals surface area contributed by atoms with Gasteiger partial charge in [0.25, 0.3) is 0 Å². The lowest BCUT2D eigenvalue weighted by atomic mass is 9.60. The smallest absolute Gasteiger partial charge is 0.342 e. The number of ether oxygens (including phenoxy) is 1. The van der Waals surface area contributed by atoms with Gasteiger partial charge in [-0.2, -0.15) is 0 Å². The van der Waals surface area contributed by atoms with E-state index >= 15 is 0 Å². The van der Waals surface area contributed by atoms with Gasteiger partial charge in [-0.1, -0.05) is 37.3 Å². The number of halogens is 2. The molecule has 2 saturated heterocycles. The molecule has 3 fully saturated rings. The molecule has 0 aromatic heterocycles. The predicted molar refractivity (Wildman–Crippen MR) is 132 cm³/mol. The first-order valence-corrected chi connectivity index (χ1v) is 12.7. The van der Waals surface area contributed by atoms with Crippen molar-refractivity contribution in [3.63, 3.8) is 0 Å². The van der Waals surface area contributed by atoms with Gasteiger partial charge in [-0.15, -0.1) is 0 Å². The van der Waals surface area contributed by atoms with Gasteiger partial charge in [-0.25, -0.2) is 14.2 Å². The number of carbonyl (C=O) groups excluding carboxylic acids is 2. The predicted octanol–water partition coefficient (Wildman–Crippen LogP) is 6.01. The molecule has 2 aromatic carbocycles. The van der Waals surface area contributed by atoms with E-state index in [1.807, 2.05) is 43.3 Å². The number of ketones is 1. The topological polar surface area (TPSA) is 55.8 Å². The summed E-state index contributed by atoms with van der Waals surface area (Å²) in [7, 11) is 0. The summed E-state index contributed by atoms with van der Waals surface area (Å²) in [5, 5.41) is 1.77. The van der Waals surface area contributed by atoms with Gasteiger partial charge in [-0.05, 0) is 77.2 Å². The molecule has 2 aromatic rings. The Hall–Kier alpha value is -2.77. The molecule has 0 N–H and O–H groups in total. The van der Waals surface area contributed by atoms with Gasteiger partial charge in [0.2, 0.25) is 5.60 Å². The molecule has 0 radical (unpaired) electrons. The molecule has 1 unspecified atom stereocenters. The fourth-order valence-corrected chi connectivity index (χ4v) is 6.75. The fourth-order valence-electron chi connectivity index (χ4n) is 6.35. The van der Waals surface area contributed by atoms with Gasteiger partial charge in [0.15, 0.2) is 5.78 Å². The number of carbonyl (C=O) groups is 2. The van der Waals surface area contributed by atoms with Gasteiger partial charge in [0.1, 0.15) is 11.9 Å². The molecule has 180 valence electrons. The van der Waals surface area contributed by atoms with Crippen molar-refractivity contribution in [2.45, 2.75) is 50.9 Å². The van der Waals surface area contributed by atoms with E-state index in [-0.39, 0.29) is 29.0 Å². The zero-order valence-corrected chi connectivity index (χ0v) is 21.0. The summed E-state index contributed by atoms with van der Waals surface area (Å²) in [5.41, 5.74) is 1.69. The number of anilines is 1. The number of allylic oxidation sites excluding steroid dienone is 3. The quantitative estimate of drug-likeness (QED) is 0.439. The van der Waals surface area contributed by atoms with Crippen molar-refractivity contribution in [1.82, 2.24) is 0 Å². The Labute approximate surface area is 211 Å². The van der Waals surface area contributed by atoms with Gasteiger partial charge in [0, 0.05) is 23.3 Å². The minimum absolute atomic E-state index is 0.0394.